The standard InChI is InChI=1S/C70H32/c1-2-16-48-22-8-30-56-40-58-32-10-24-50(66(58)44-64(48)56)18-4-6-20-52-26-12-34-60-42-62-36-14-28-54(70(62)46-68(52)60)38-37-53-27-13-35-61-41-59-33-11-25-51(67(59)45-69(53)61)19-5-3-17-49-23-9-31-57-39-55-29-7-21-47(15-1)63(55)43-65(49)57/h7-14,21-36,39-46H. The van der Waals surface area contributed by atoms with Gasteiger partial charge in [-0.2, -0.15) is 0 Å². The highest BCUT2D eigenvalue weighted by molar-refractivity contribution is 6.13. The van der Waals surface area contributed by atoms with Gasteiger partial charge in [0.05, 0.1) is 0 Å². The maximum Gasteiger partial charge on any atom is 0.0334 e. The van der Waals surface area contributed by atoms with Gasteiger partial charge >= 0.3 is 0 Å². The molecule has 0 unspecified atom stereocenters. The van der Waals surface area contributed by atoms with Gasteiger partial charge in [-0.25, -0.2) is 0 Å². The van der Waals surface area contributed by atoms with Crippen LogP contribution in [0.5, 0.6) is 0 Å². The Balaban J connectivity index is 1.05. The minimum atomic E-state index is 0.906. The molecule has 70 heavy (non-hydrogen) atoms. The van der Waals surface area contributed by atoms with E-state index in [9.17, 15) is 0 Å². The summed E-state index contributed by atoms with van der Waals surface area (Å²) in [6.45, 7) is 0. The van der Waals surface area contributed by atoms with E-state index in [1.165, 1.54) is 0 Å². The second-order valence-corrected chi connectivity index (χ2v) is 17.4. The summed E-state index contributed by atoms with van der Waals surface area (Å²) in [5, 5.41) is 24.7. The van der Waals surface area contributed by atoms with Crippen molar-refractivity contribution in [2.24, 2.45) is 0 Å². The predicted octanol–water partition coefficient (Wildman–Crippen LogP) is 17.2. The Bertz CT molecular complexity index is 4300. The normalized spacial score (nSPS) is 10.6. The molecule has 0 atom stereocenters. The van der Waals surface area contributed by atoms with Crippen LogP contribution in [0.2, 0.25) is 0 Å². The van der Waals surface area contributed by atoms with Gasteiger partial charge in [0.1, 0.15) is 0 Å². The number of hydrogen-bond acceptors (Lipinski definition) is 0. The van der Waals surface area contributed by atoms with Crippen LogP contribution < -0.4 is 0 Å². The van der Waals surface area contributed by atoms with Crippen LogP contribution in [-0.2, 0) is 0 Å². The SMILES string of the molecule is c1c#cc2cccc3cc4cccc(c#cc#cc5cccc6cc7cccc(c#cc8cccc9cc%10cccc(c#cc#cc%11cccc%12cc%13cccc(c#1)c%13cc%11%12)c%10cc89)c7cc56)c4cc23. The van der Waals surface area contributed by atoms with Crippen LogP contribution in [0, 0.1) is 84.9 Å². The van der Waals surface area contributed by atoms with Gasteiger partial charge in [-0.1, -0.05) is 146 Å². The van der Waals surface area contributed by atoms with Gasteiger partial charge < -0.3 is 0 Å². The first-order valence-electron chi connectivity index (χ1n) is 23.1. The third kappa shape index (κ3) is 7.26. The van der Waals surface area contributed by atoms with Crippen LogP contribution in [0.3, 0.4) is 0 Å². The van der Waals surface area contributed by atoms with E-state index in [2.05, 4.69) is 267 Å². The lowest BCUT2D eigenvalue weighted by molar-refractivity contribution is 1.80. The first-order valence-corrected chi connectivity index (χ1v) is 23.1. The quantitative estimate of drug-likeness (QED) is 0.133. The van der Waals surface area contributed by atoms with Crippen LogP contribution in [0.4, 0.5) is 0 Å². The Labute approximate surface area is 406 Å². The van der Waals surface area contributed by atoms with E-state index in [-0.39, 0.29) is 0 Å². The molecule has 0 heteroatoms. The van der Waals surface area contributed by atoms with E-state index in [0.29, 0.717) is 0 Å². The second kappa shape index (κ2) is 16.8. The Morgan fingerprint density at radius 3 is 0.486 bits per heavy atom. The molecule has 0 fully saturated rings. The van der Waals surface area contributed by atoms with Crippen molar-refractivity contribution < 1.29 is 0 Å². The monoisotopic (exact) mass is 872 g/mol. The van der Waals surface area contributed by atoms with Crippen molar-refractivity contribution in [3.05, 3.63) is 279 Å². The predicted molar refractivity (Wildman–Crippen MR) is 291 cm³/mol. The van der Waals surface area contributed by atoms with Gasteiger partial charge in [0, 0.05) is 43.1 Å². The summed E-state index contributed by atoms with van der Waals surface area (Å²) in [5.41, 5.74) is 0. The first kappa shape index (κ1) is 40.0. The average Bonchev–Trinajstić information content (AvgIpc) is 3.39. The maximum absolute atomic E-state index is 3.57. The lowest BCUT2D eigenvalue weighted by Crippen LogP contribution is -1.78. The molecule has 8 bridgehead atoms. The number of benzene rings is 12. The van der Waals surface area contributed by atoms with Crippen molar-refractivity contribution in [1.82, 2.24) is 0 Å². The molecule has 0 aromatic heterocycles. The molecule has 0 nitrogen and oxygen atoms in total. The highest BCUT2D eigenvalue weighted by Crippen LogP contribution is 2.32. The Hall–Kier alpha value is -10.4. The zero-order valence-electron chi connectivity index (χ0n) is 37.5. The summed E-state index contributed by atoms with van der Waals surface area (Å²) in [5.74, 6) is 0. The molecule has 0 spiro atoms. The van der Waals surface area contributed by atoms with E-state index in [4.69, 9.17) is 0 Å². The zero-order chi connectivity index (χ0) is 46.4. The fraction of sp³-hybridized carbons (Fsp3) is 0. The minimum absolute atomic E-state index is 0.906. The lowest BCUT2D eigenvalue weighted by Gasteiger charge is -2.04. The van der Waals surface area contributed by atoms with Gasteiger partial charge in [0.2, 0.25) is 0 Å². The molecule has 0 amide bonds. The first-order chi connectivity index (χ1) is 34.7. The minimum Gasteiger partial charge on any atom is -0.0610 e. The van der Waals surface area contributed by atoms with Crippen molar-refractivity contribution in [3.8, 4) is 0 Å². The van der Waals surface area contributed by atoms with Crippen molar-refractivity contribution in [2.45, 2.75) is 0 Å². The van der Waals surface area contributed by atoms with E-state index in [1.807, 2.05) is 12.1 Å². The molecule has 13 rings (SSSR count). The van der Waals surface area contributed by atoms with Crippen LogP contribution in [0.25, 0.3) is 129 Å². The van der Waals surface area contributed by atoms with E-state index >= 15 is 0 Å². The van der Waals surface area contributed by atoms with E-state index in [1.54, 1.807) is 0 Å². The molecule has 13 aromatic rings. The molecule has 0 aliphatic carbocycles. The van der Waals surface area contributed by atoms with Gasteiger partial charge in [0.15, 0.2) is 0 Å². The summed E-state index contributed by atoms with van der Waals surface area (Å²) in [7, 11) is 0. The third-order valence-electron chi connectivity index (χ3n) is 13.2. The molecular formula is C70H32. The summed E-state index contributed by atoms with van der Waals surface area (Å²) in [6, 6.07) is 114. The Morgan fingerprint density at radius 2 is 0.314 bits per heavy atom. The van der Waals surface area contributed by atoms with E-state index in [0.717, 1.165) is 129 Å². The van der Waals surface area contributed by atoms with Crippen LogP contribution in [0.15, 0.2) is 194 Å². The summed E-state index contributed by atoms with van der Waals surface area (Å²) in [4.78, 5) is 0. The number of hydrogen-bond donors (Lipinski definition) is 0. The molecule has 0 aliphatic heterocycles. The lowest BCUT2D eigenvalue weighted by atomic mass is 9.99. The van der Waals surface area contributed by atoms with Crippen LogP contribution in [-0.4, -0.2) is 0 Å². The molecule has 13 aromatic carbocycles. The summed E-state index contributed by atoms with van der Waals surface area (Å²) in [6.07, 6.45) is 0. The van der Waals surface area contributed by atoms with Gasteiger partial charge in [-0.05, 0) is 220 Å². The van der Waals surface area contributed by atoms with Gasteiger partial charge in [-0.15, -0.1) is 0 Å². The maximum atomic E-state index is 3.57. The molecule has 0 heterocycles. The Morgan fingerprint density at radius 1 is 0.157 bits per heavy atom. The molecule has 0 saturated carbocycles. The molecular weight excluding hydrogens is 841 g/mol. The summed E-state index contributed by atoms with van der Waals surface area (Å²) >= 11 is 0. The largest absolute Gasteiger partial charge is 0.0610 e. The highest BCUT2D eigenvalue weighted by Gasteiger charge is 2.06. The fourth-order valence-corrected chi connectivity index (χ4v) is 9.81. The van der Waals surface area contributed by atoms with Crippen molar-refractivity contribution >= 4 is 129 Å². The summed E-state index contributed by atoms with van der Waals surface area (Å²) < 4.78 is 0. The zero-order valence-corrected chi connectivity index (χ0v) is 37.5. The van der Waals surface area contributed by atoms with Crippen LogP contribution in [0.1, 0.15) is 0 Å². The third-order valence-corrected chi connectivity index (χ3v) is 13.2. The van der Waals surface area contributed by atoms with Crippen molar-refractivity contribution in [2.75, 3.05) is 0 Å². The number of rotatable bonds is 0. The van der Waals surface area contributed by atoms with Crippen LogP contribution >= 0.6 is 0 Å². The Kier molecular flexibility index (Phi) is 9.60. The molecule has 0 N–H and O–H groups in total. The highest BCUT2D eigenvalue weighted by atomic mass is 14.1. The van der Waals surface area contributed by atoms with E-state index < -0.39 is 0 Å². The average molecular weight is 873 g/mol. The topological polar surface area (TPSA) is 0 Å². The molecule has 312 valence electrons. The smallest absolute Gasteiger partial charge is 0.0334 e. The van der Waals surface area contributed by atoms with Gasteiger partial charge in [-0.3, -0.25) is 0 Å². The van der Waals surface area contributed by atoms with Gasteiger partial charge in [0.25, 0.3) is 0 Å². The van der Waals surface area contributed by atoms with Crippen molar-refractivity contribution in [3.63, 3.8) is 0 Å². The molecule has 0 aliphatic rings. The molecule has 0 saturated heterocycles. The second-order valence-electron chi connectivity index (χ2n) is 17.4. The molecule has 0 radical (unpaired) electrons. The van der Waals surface area contributed by atoms with Crippen molar-refractivity contribution in [1.29, 1.82) is 0 Å². The fourth-order valence-electron chi connectivity index (χ4n) is 9.81.